The third-order valence-corrected chi connectivity index (χ3v) is 48.4. The average molecular weight is 1920 g/mol. The number of amides is 1. The van der Waals surface area contributed by atoms with Crippen LogP contribution in [0.5, 0.6) is 0 Å². The molecule has 0 aromatic heterocycles. The molecular weight excluding hydrogens is 1730 g/mol. The lowest BCUT2D eigenvalue weighted by Gasteiger charge is -2.54. The number of ether oxygens (including phenoxy) is 6. The lowest BCUT2D eigenvalue weighted by molar-refractivity contribution is -0.155. The third kappa shape index (κ3) is 17.8. The number of allylic oxidation sites excluding steroid dienone is 4. The number of nitrogens with zero attached hydrogens (tertiary/aromatic N) is 3. The normalized spacial score (nSPS) is 51.0. The molecule has 8 aliphatic heterocycles. The Morgan fingerprint density at radius 2 is 0.755 bits per heavy atom. The Hall–Kier alpha value is -3.81. The highest BCUT2D eigenvalue weighted by Crippen LogP contribution is 2.72. The van der Waals surface area contributed by atoms with E-state index in [9.17, 15) is 19.2 Å². The van der Waals surface area contributed by atoms with Gasteiger partial charge in [-0.1, -0.05) is 133 Å². The smallest absolute Gasteiger partial charge is 0.302 e. The third-order valence-electron chi connectivity index (χ3n) is 48.4. The maximum atomic E-state index is 12.3. The molecule has 20 fully saturated rings. The number of rotatable bonds is 6. The summed E-state index contributed by atoms with van der Waals surface area (Å²) >= 11 is 0. The van der Waals surface area contributed by atoms with E-state index in [1.165, 1.54) is 185 Å². The first-order chi connectivity index (χ1) is 66.3. The number of ketones is 1. The molecular formula is C122H192N6O11. The van der Waals surface area contributed by atoms with Gasteiger partial charge in [0.1, 0.15) is 25.1 Å². The van der Waals surface area contributed by atoms with E-state index in [0.29, 0.717) is 112 Å². The number of Topliss-reactive ketones (excluding diaryl/α,β-unsaturated/α-hetero) is 1. The van der Waals surface area contributed by atoms with Crippen molar-refractivity contribution in [2.24, 2.45) is 169 Å². The minimum Gasteiger partial charge on any atom is -0.463 e. The molecule has 776 valence electrons. The summed E-state index contributed by atoms with van der Waals surface area (Å²) in [6, 6.07) is 2.11. The fourth-order valence-corrected chi connectivity index (χ4v) is 40.8. The van der Waals surface area contributed by atoms with E-state index in [4.69, 9.17) is 33.3 Å². The number of hydrogen-bond donors (Lipinski definition) is 3. The summed E-state index contributed by atoms with van der Waals surface area (Å²) in [7, 11) is 3.63. The van der Waals surface area contributed by atoms with Crippen molar-refractivity contribution in [2.45, 2.75) is 472 Å². The minimum absolute atomic E-state index is 0.0423. The Morgan fingerprint density at radius 3 is 1.13 bits per heavy atom. The lowest BCUT2D eigenvalue weighted by Crippen LogP contribution is -2.53. The fourth-order valence-electron chi connectivity index (χ4n) is 40.8. The van der Waals surface area contributed by atoms with Crippen molar-refractivity contribution in [3.05, 3.63) is 44.6 Å². The van der Waals surface area contributed by atoms with Gasteiger partial charge in [0.05, 0.1) is 52.5 Å². The number of carbonyl (C=O) groups excluding carboxylic acids is 4. The largest absolute Gasteiger partial charge is 0.463 e. The number of likely N-dealkylation sites (N-methyl/N-ethyl adjacent to an activating group) is 1. The Balaban J connectivity index is 0.000000110. The number of esters is 2. The molecule has 0 radical (unpaired) electrons. The summed E-state index contributed by atoms with van der Waals surface area (Å²) in [4.78, 5) is 56.9. The molecule has 17 heteroatoms. The summed E-state index contributed by atoms with van der Waals surface area (Å²) in [6.07, 6.45) is 50.6. The van der Waals surface area contributed by atoms with Gasteiger partial charge in [0.25, 0.3) is 0 Å². The highest BCUT2D eigenvalue weighted by molar-refractivity contribution is 5.85. The second-order valence-corrected chi connectivity index (χ2v) is 55.5. The van der Waals surface area contributed by atoms with Crippen LogP contribution in [-0.4, -0.2) is 176 Å². The van der Waals surface area contributed by atoms with Gasteiger partial charge in [-0.15, -0.1) is 0 Å². The highest BCUT2D eigenvalue weighted by Gasteiger charge is 2.67. The van der Waals surface area contributed by atoms with Crippen LogP contribution in [0.3, 0.4) is 0 Å². The van der Waals surface area contributed by atoms with Crippen LogP contribution < -0.4 is 16.0 Å². The molecule has 16 aliphatic carbocycles. The molecule has 24 aliphatic rings. The molecule has 0 bridgehead atoms. The van der Waals surface area contributed by atoms with Gasteiger partial charge in [-0.25, -0.2) is 0 Å². The van der Waals surface area contributed by atoms with E-state index in [2.05, 4.69) is 137 Å². The number of fused-ring (bicyclic) bond motifs is 24. The molecule has 4 spiro atoms. The van der Waals surface area contributed by atoms with Crippen LogP contribution in [-0.2, 0) is 52.4 Å². The van der Waals surface area contributed by atoms with Gasteiger partial charge in [-0.3, -0.25) is 24.1 Å². The molecule has 17 nitrogen and oxygen atoms in total. The molecule has 8 heterocycles. The predicted octanol–water partition coefficient (Wildman–Crippen LogP) is 24.1. The quantitative estimate of drug-likeness (QED) is 0.129. The molecule has 12 saturated carbocycles. The molecule has 42 atom stereocenters. The SMILES string of the molecule is CC(=O)N(C)CCN1C[C@@H](C)C[C@H]2O[C@]3(CC[C@@H]4C(=C(C)C3)C[C@H]3[C@H]4CC[C@@H]4CC(=O)CC[C@@]43C)[C@H](C)[C@@H]21.CC(=O)O[C@@H]1CC[C@@]2(C)[C@H](CC[C@H]3[C@@H]4CC[C@@]5(CC(C)=C4C[C@@H]32)O[C@@H]2C[C@H](C)CN[C@H]2[C@H]5C)C1.CC(=O)O[C@H]1CC[C@@]2(C)[C@H](CC[C@H]3[C@@H]4CC[C@@]5(CC(C)=C4C[C@@H]32)O[C@@H]2C[C@H](C)CN[C@H]2[C@H]5C)C1.CON=C1CC[C@@]2(C)[C@H](CC[C@H]3[C@@H]4CC[C@@]5(CC(C)=C4C[C@@H]32)O[C@@H]2C[C@H](C)CN[C@H]2[C@H]5C)C1. The summed E-state index contributed by atoms with van der Waals surface area (Å²) in [5, 5.41) is 16.0. The molecule has 139 heavy (non-hydrogen) atoms. The Kier molecular flexibility index (Phi) is 28.1. The van der Waals surface area contributed by atoms with E-state index in [0.717, 1.165) is 223 Å². The zero-order valence-corrected chi connectivity index (χ0v) is 91.0. The van der Waals surface area contributed by atoms with Crippen LogP contribution in [0.1, 0.15) is 388 Å². The number of piperidine rings is 4. The van der Waals surface area contributed by atoms with Crippen LogP contribution in [0.15, 0.2) is 49.7 Å². The molecule has 8 saturated heterocycles. The topological polar surface area (TPSA) is 188 Å². The van der Waals surface area contributed by atoms with Crippen molar-refractivity contribution in [3.8, 4) is 0 Å². The van der Waals surface area contributed by atoms with Gasteiger partial charge in [0.2, 0.25) is 5.91 Å². The first-order valence-corrected chi connectivity index (χ1v) is 58.8. The molecule has 0 aromatic rings. The number of carbonyl (C=O) groups is 4. The van der Waals surface area contributed by atoms with Gasteiger partial charge in [-0.05, 0) is 431 Å². The van der Waals surface area contributed by atoms with Crippen molar-refractivity contribution in [3.63, 3.8) is 0 Å². The van der Waals surface area contributed by atoms with Crippen molar-refractivity contribution >= 4 is 29.3 Å². The van der Waals surface area contributed by atoms with Crippen molar-refractivity contribution in [2.75, 3.05) is 53.4 Å². The molecule has 0 aromatic carbocycles. The van der Waals surface area contributed by atoms with Gasteiger partial charge in [0.15, 0.2) is 0 Å². The summed E-state index contributed by atoms with van der Waals surface area (Å²) in [5.41, 5.74) is 17.1. The minimum atomic E-state index is -0.104. The van der Waals surface area contributed by atoms with Crippen LogP contribution in [0.4, 0.5) is 0 Å². The van der Waals surface area contributed by atoms with Crippen LogP contribution in [0, 0.1) is 164 Å². The van der Waals surface area contributed by atoms with Crippen molar-refractivity contribution in [1.29, 1.82) is 0 Å². The number of nitrogens with one attached hydrogen (secondary N) is 3. The van der Waals surface area contributed by atoms with E-state index in [1.54, 1.807) is 55.7 Å². The fraction of sp³-hybridized carbons (Fsp3) is 0.893. The van der Waals surface area contributed by atoms with E-state index >= 15 is 0 Å². The highest BCUT2D eigenvalue weighted by atomic mass is 16.6. The zero-order chi connectivity index (χ0) is 97.6. The van der Waals surface area contributed by atoms with Crippen LogP contribution in [0.25, 0.3) is 0 Å². The Morgan fingerprint density at radius 1 is 0.410 bits per heavy atom. The van der Waals surface area contributed by atoms with Gasteiger partial charge >= 0.3 is 11.9 Å². The average Bonchev–Trinajstić information content (AvgIpc) is 1.58. The number of hydrogen-bond acceptors (Lipinski definition) is 16. The lowest BCUT2D eigenvalue weighted by atomic mass is 9.52. The van der Waals surface area contributed by atoms with Gasteiger partial charge < -0.3 is 54.1 Å². The number of likely N-dealkylation sites (tertiary alicyclic amines) is 1. The van der Waals surface area contributed by atoms with Crippen molar-refractivity contribution in [1.82, 2.24) is 25.8 Å². The summed E-state index contributed by atoms with van der Waals surface area (Å²) in [5.74, 6) is 18.2. The maximum absolute atomic E-state index is 12.3. The molecule has 24 rings (SSSR count). The van der Waals surface area contributed by atoms with Crippen molar-refractivity contribution < 1.29 is 52.4 Å². The van der Waals surface area contributed by atoms with Gasteiger partial charge in [-0.2, -0.15) is 0 Å². The molecule has 0 unspecified atom stereocenters. The molecule has 1 amide bonds. The van der Waals surface area contributed by atoms with Crippen LogP contribution in [0.2, 0.25) is 0 Å². The monoisotopic (exact) mass is 1920 g/mol. The second kappa shape index (κ2) is 38.6. The van der Waals surface area contributed by atoms with Gasteiger partial charge in [0, 0.05) is 108 Å². The molecule has 3 N–H and O–H groups in total. The summed E-state index contributed by atoms with van der Waals surface area (Å²) in [6.45, 7) is 50.7. The summed E-state index contributed by atoms with van der Waals surface area (Å²) < 4.78 is 39.7. The Bertz CT molecular complexity index is 4600. The maximum Gasteiger partial charge on any atom is 0.302 e. The van der Waals surface area contributed by atoms with E-state index < -0.39 is 0 Å². The first kappa shape index (κ1) is 101. The second-order valence-electron chi connectivity index (χ2n) is 55.5. The Labute approximate surface area is 840 Å². The van der Waals surface area contributed by atoms with E-state index in [1.807, 2.05) is 28.7 Å². The first-order valence-electron chi connectivity index (χ1n) is 58.8. The number of oxime groups is 1. The zero-order valence-electron chi connectivity index (χ0n) is 91.0. The standard InChI is InChI=1S/C33H52N2O3.2C30H47NO3.C29H46N2O2/c1-20-15-30-31(35(19-20)14-13-34(6)23(4)36)22(3)33(38-30)12-10-26-27-8-7-24-16-25(37)9-11-32(24,5)29(27)17-28(26)21(2)18-33;2*1-17-12-27-28(31-16-17)19(3)30(34-27)11-9-23-24-7-6-21-13-22(33-20(4)32)8-10-29(21,5)26(24)14-25(23)18(2)15-30;1-17-12-26-27(30-16-17)19(3)29(33-26)11-9-22-23-7-6-20-13-21(31-32-5)8-10-28(20,4)25(23)14-24(22)18(2)15-29/h20,22,24,26-27,29-31H,7-19H2,1-6H3;2*17,19,21-24,26-28,31H,6-16H2,1-5H3;17,19-20,22-23,25-27,30H,6-16H2,1-5H3/t20-,22+,24+,26-,27-,29-,30+,31-,32-,33-;17-,19+,21+,22+,23-,24-,26-,27+,28-,29-,30-;17-,19+,21+,22-,23-,24-,26-,27+,28-,29-,30-;17-,19+,20+,22-,23-,25-,26+,27-,28-,29-/m0000/s1. The predicted molar refractivity (Wildman–Crippen MR) is 552 cm³/mol. The van der Waals surface area contributed by atoms with Crippen LogP contribution >= 0.6 is 0 Å². The van der Waals surface area contributed by atoms with E-state index in [-0.39, 0.29) is 52.5 Å².